The van der Waals surface area contributed by atoms with Crippen LogP contribution in [0, 0.1) is 6.92 Å². The van der Waals surface area contributed by atoms with Gasteiger partial charge in [0, 0.05) is 12.6 Å². The minimum absolute atomic E-state index is 0.524. The molecule has 2 nitrogen and oxygen atoms in total. The van der Waals surface area contributed by atoms with E-state index in [9.17, 15) is 0 Å². The molecule has 0 spiro atoms. The second-order valence-corrected chi connectivity index (χ2v) is 3.82. The molecule has 1 aromatic carbocycles. The highest BCUT2D eigenvalue weighted by molar-refractivity contribution is 5.70. The lowest BCUT2D eigenvalue weighted by Gasteiger charge is -2.28. The summed E-state index contributed by atoms with van der Waals surface area (Å²) in [6.45, 7) is 4.69. The zero-order chi connectivity index (χ0) is 10.5. The SMILES string of the molecule is [CH2]/C=C/CCC1CNc2ccccc2N1. The van der Waals surface area contributed by atoms with Crippen LogP contribution in [0.3, 0.4) is 0 Å². The Morgan fingerprint density at radius 2 is 2.13 bits per heavy atom. The average molecular weight is 201 g/mol. The molecule has 1 aliphatic heterocycles. The summed E-state index contributed by atoms with van der Waals surface area (Å²) < 4.78 is 0. The first-order valence-corrected chi connectivity index (χ1v) is 5.44. The van der Waals surface area contributed by atoms with Gasteiger partial charge in [0.05, 0.1) is 11.4 Å². The number of para-hydroxylation sites is 2. The Morgan fingerprint density at radius 3 is 2.93 bits per heavy atom. The number of rotatable bonds is 3. The van der Waals surface area contributed by atoms with Gasteiger partial charge in [-0.2, -0.15) is 0 Å². The summed E-state index contributed by atoms with van der Waals surface area (Å²) >= 11 is 0. The van der Waals surface area contributed by atoms with Crippen molar-refractivity contribution in [2.45, 2.75) is 18.9 Å². The molecule has 15 heavy (non-hydrogen) atoms. The van der Waals surface area contributed by atoms with Crippen LogP contribution >= 0.6 is 0 Å². The monoisotopic (exact) mass is 201 g/mol. The zero-order valence-corrected chi connectivity index (χ0v) is 8.87. The highest BCUT2D eigenvalue weighted by Gasteiger charge is 2.15. The Morgan fingerprint density at radius 1 is 1.33 bits per heavy atom. The van der Waals surface area contributed by atoms with Crippen LogP contribution in [0.2, 0.25) is 0 Å². The second kappa shape index (κ2) is 4.87. The van der Waals surface area contributed by atoms with E-state index < -0.39 is 0 Å². The molecule has 1 heterocycles. The molecule has 0 aromatic heterocycles. The molecule has 0 saturated heterocycles. The Balaban J connectivity index is 1.94. The van der Waals surface area contributed by atoms with Crippen molar-refractivity contribution in [2.24, 2.45) is 0 Å². The van der Waals surface area contributed by atoms with Crippen molar-refractivity contribution in [3.63, 3.8) is 0 Å². The normalized spacial score (nSPS) is 19.4. The van der Waals surface area contributed by atoms with E-state index in [1.165, 1.54) is 11.4 Å². The van der Waals surface area contributed by atoms with E-state index in [1.807, 2.05) is 6.08 Å². The predicted molar refractivity (Wildman–Crippen MR) is 66.1 cm³/mol. The molecule has 1 unspecified atom stereocenters. The topological polar surface area (TPSA) is 24.1 Å². The molecule has 0 saturated carbocycles. The van der Waals surface area contributed by atoms with E-state index in [-0.39, 0.29) is 0 Å². The first-order chi connectivity index (χ1) is 7.40. The first kappa shape index (κ1) is 10.1. The third-order valence-corrected chi connectivity index (χ3v) is 2.67. The van der Waals surface area contributed by atoms with E-state index in [0.29, 0.717) is 6.04 Å². The quantitative estimate of drug-likeness (QED) is 0.785. The molecule has 2 N–H and O–H groups in total. The van der Waals surface area contributed by atoms with Crippen molar-refractivity contribution in [1.82, 2.24) is 0 Å². The van der Waals surface area contributed by atoms with E-state index in [4.69, 9.17) is 0 Å². The number of hydrogen-bond acceptors (Lipinski definition) is 2. The number of hydrogen-bond donors (Lipinski definition) is 2. The summed E-state index contributed by atoms with van der Waals surface area (Å²) in [6, 6.07) is 8.86. The van der Waals surface area contributed by atoms with Crippen LogP contribution in [0.1, 0.15) is 12.8 Å². The van der Waals surface area contributed by atoms with Gasteiger partial charge >= 0.3 is 0 Å². The molecule has 2 rings (SSSR count). The molecule has 1 atom stereocenters. The molecule has 1 aliphatic rings. The lowest BCUT2D eigenvalue weighted by atomic mass is 10.1. The predicted octanol–water partition coefficient (Wildman–Crippen LogP) is 3.06. The Kier molecular flexibility index (Phi) is 3.28. The number of allylic oxidation sites excluding steroid dienone is 2. The molecule has 1 radical (unpaired) electrons. The minimum atomic E-state index is 0.524. The van der Waals surface area contributed by atoms with Gasteiger partial charge in [-0.3, -0.25) is 0 Å². The van der Waals surface area contributed by atoms with Crippen molar-refractivity contribution in [3.8, 4) is 0 Å². The fourth-order valence-electron chi connectivity index (χ4n) is 1.86. The summed E-state index contributed by atoms with van der Waals surface area (Å²) in [5, 5.41) is 6.98. The van der Waals surface area contributed by atoms with E-state index in [1.54, 1.807) is 0 Å². The van der Waals surface area contributed by atoms with E-state index in [2.05, 4.69) is 47.9 Å². The van der Waals surface area contributed by atoms with Gasteiger partial charge in [-0.05, 0) is 31.9 Å². The van der Waals surface area contributed by atoms with Crippen LogP contribution in [0.15, 0.2) is 36.4 Å². The molecule has 2 heteroatoms. The highest BCUT2D eigenvalue weighted by atomic mass is 15.1. The van der Waals surface area contributed by atoms with Crippen LogP contribution < -0.4 is 10.6 Å². The summed E-state index contributed by atoms with van der Waals surface area (Å²) in [5.41, 5.74) is 2.42. The summed E-state index contributed by atoms with van der Waals surface area (Å²) in [4.78, 5) is 0. The zero-order valence-electron chi connectivity index (χ0n) is 8.87. The van der Waals surface area contributed by atoms with Gasteiger partial charge in [-0.25, -0.2) is 0 Å². The summed E-state index contributed by atoms with van der Waals surface area (Å²) in [7, 11) is 0. The van der Waals surface area contributed by atoms with Crippen LogP contribution in [0.25, 0.3) is 0 Å². The highest BCUT2D eigenvalue weighted by Crippen LogP contribution is 2.26. The molecule has 79 valence electrons. The Hall–Kier alpha value is -1.44. The number of benzene rings is 1. The standard InChI is InChI=1S/C13H17N2/c1-2-3-4-7-11-10-14-12-8-5-6-9-13(12)15-11/h2-3,5-6,8-9,11,14-15H,1,4,7,10H2/b3-2+. The molecular weight excluding hydrogens is 184 g/mol. The smallest absolute Gasteiger partial charge is 0.0578 e. The fraction of sp³-hybridized carbons (Fsp3) is 0.308. The largest absolute Gasteiger partial charge is 0.381 e. The van der Waals surface area contributed by atoms with Crippen molar-refractivity contribution < 1.29 is 0 Å². The van der Waals surface area contributed by atoms with Gasteiger partial charge in [0.1, 0.15) is 0 Å². The lowest BCUT2D eigenvalue weighted by Crippen LogP contribution is -2.32. The van der Waals surface area contributed by atoms with Crippen molar-refractivity contribution in [1.29, 1.82) is 0 Å². The Labute approximate surface area is 91.4 Å². The van der Waals surface area contributed by atoms with Gasteiger partial charge < -0.3 is 10.6 Å². The minimum Gasteiger partial charge on any atom is -0.381 e. The van der Waals surface area contributed by atoms with Crippen molar-refractivity contribution in [2.75, 3.05) is 17.2 Å². The van der Waals surface area contributed by atoms with Gasteiger partial charge in [0.15, 0.2) is 0 Å². The summed E-state index contributed by atoms with van der Waals surface area (Å²) in [5.74, 6) is 0. The second-order valence-electron chi connectivity index (χ2n) is 3.82. The van der Waals surface area contributed by atoms with Crippen molar-refractivity contribution >= 4 is 11.4 Å². The first-order valence-electron chi connectivity index (χ1n) is 5.44. The van der Waals surface area contributed by atoms with Gasteiger partial charge in [-0.15, -0.1) is 0 Å². The van der Waals surface area contributed by atoms with Crippen LogP contribution in [0.5, 0.6) is 0 Å². The third kappa shape index (κ3) is 2.52. The number of nitrogens with one attached hydrogen (secondary N) is 2. The maximum atomic E-state index is 3.69. The van der Waals surface area contributed by atoms with Gasteiger partial charge in [0.25, 0.3) is 0 Å². The lowest BCUT2D eigenvalue weighted by molar-refractivity contribution is 0.677. The van der Waals surface area contributed by atoms with Crippen LogP contribution in [-0.4, -0.2) is 12.6 Å². The van der Waals surface area contributed by atoms with E-state index in [0.717, 1.165) is 19.4 Å². The molecule has 1 aromatic rings. The van der Waals surface area contributed by atoms with E-state index >= 15 is 0 Å². The maximum absolute atomic E-state index is 3.69. The average Bonchev–Trinajstić information content (AvgIpc) is 2.29. The molecular formula is C13H17N2. The molecule has 0 fully saturated rings. The van der Waals surface area contributed by atoms with Crippen LogP contribution in [-0.2, 0) is 0 Å². The van der Waals surface area contributed by atoms with Gasteiger partial charge in [0.2, 0.25) is 0 Å². The summed E-state index contributed by atoms with van der Waals surface area (Å²) in [6.07, 6.45) is 6.21. The maximum Gasteiger partial charge on any atom is 0.0578 e. The third-order valence-electron chi connectivity index (χ3n) is 2.67. The number of anilines is 2. The molecule has 0 bridgehead atoms. The number of fused-ring (bicyclic) bond motifs is 1. The Bertz CT molecular complexity index is 344. The molecule has 0 aliphatic carbocycles. The van der Waals surface area contributed by atoms with Crippen molar-refractivity contribution in [3.05, 3.63) is 43.3 Å². The van der Waals surface area contributed by atoms with Gasteiger partial charge in [-0.1, -0.05) is 24.3 Å². The van der Waals surface area contributed by atoms with Crippen LogP contribution in [0.4, 0.5) is 11.4 Å². The fourth-order valence-corrected chi connectivity index (χ4v) is 1.86. The molecule has 0 amide bonds.